The molecule has 0 spiro atoms. The molecular weight excluding hydrogens is 412 g/mol. The van der Waals surface area contributed by atoms with Crippen molar-refractivity contribution in [3.63, 3.8) is 0 Å². The van der Waals surface area contributed by atoms with E-state index in [4.69, 9.17) is 9.97 Å². The van der Waals surface area contributed by atoms with E-state index >= 15 is 0 Å². The molecule has 0 N–H and O–H groups in total. The highest BCUT2D eigenvalue weighted by atomic mass is 14.9. The molecule has 0 radical (unpaired) electrons. The molecule has 2 aliphatic rings. The van der Waals surface area contributed by atoms with E-state index in [2.05, 4.69) is 26.2 Å². The number of hydrogen-bond donors (Lipinski definition) is 0. The number of hydrogen-bond acceptors (Lipinski definition) is 2. The third-order valence-electron chi connectivity index (χ3n) is 9.17. The standard InChI is InChI=1S/C32H56N2/c1-3-5-7-9-11-13-27-15-17-28(18-16-27)19-20-29-21-23-31(24-22-29)32-33-25-30(26-34-32)14-12-10-8-6-4-2/h25-29,31H,3-24H2,1-2H3/t27-,28-,29?,31?. The van der Waals surface area contributed by atoms with Crippen molar-refractivity contribution in [1.29, 1.82) is 0 Å². The van der Waals surface area contributed by atoms with Crippen molar-refractivity contribution in [1.82, 2.24) is 9.97 Å². The van der Waals surface area contributed by atoms with Gasteiger partial charge in [-0.3, -0.25) is 0 Å². The second kappa shape index (κ2) is 16.7. The molecule has 2 nitrogen and oxygen atoms in total. The van der Waals surface area contributed by atoms with Gasteiger partial charge in [0.25, 0.3) is 0 Å². The Kier molecular flexibility index (Phi) is 13.6. The van der Waals surface area contributed by atoms with Gasteiger partial charge in [-0.25, -0.2) is 9.97 Å². The molecule has 2 heteroatoms. The summed E-state index contributed by atoms with van der Waals surface area (Å²) in [5.41, 5.74) is 1.33. The van der Waals surface area contributed by atoms with Crippen LogP contribution >= 0.6 is 0 Å². The van der Waals surface area contributed by atoms with E-state index < -0.39 is 0 Å². The average Bonchev–Trinajstić information content (AvgIpc) is 2.89. The van der Waals surface area contributed by atoms with Gasteiger partial charge in [-0.2, -0.15) is 0 Å². The summed E-state index contributed by atoms with van der Waals surface area (Å²) in [6.45, 7) is 4.60. The second-order valence-electron chi connectivity index (χ2n) is 12.0. The summed E-state index contributed by atoms with van der Waals surface area (Å²) in [5, 5.41) is 0. The molecule has 0 amide bonds. The maximum atomic E-state index is 4.79. The molecule has 2 saturated carbocycles. The van der Waals surface area contributed by atoms with E-state index in [1.54, 1.807) is 0 Å². The molecule has 1 aromatic rings. The number of nitrogens with zero attached hydrogens (tertiary/aromatic N) is 2. The Labute approximate surface area is 212 Å². The Balaban J connectivity index is 1.24. The van der Waals surface area contributed by atoms with Crippen molar-refractivity contribution in [2.45, 2.75) is 161 Å². The molecule has 0 bridgehead atoms. The number of aromatic nitrogens is 2. The third-order valence-corrected chi connectivity index (χ3v) is 9.17. The lowest BCUT2D eigenvalue weighted by Gasteiger charge is -2.31. The first kappa shape index (κ1) is 27.7. The van der Waals surface area contributed by atoms with Gasteiger partial charge in [0.15, 0.2) is 0 Å². The first-order chi connectivity index (χ1) is 16.8. The molecule has 0 unspecified atom stereocenters. The smallest absolute Gasteiger partial charge is 0.131 e. The summed E-state index contributed by atoms with van der Waals surface area (Å²) in [7, 11) is 0. The minimum absolute atomic E-state index is 0.614. The van der Waals surface area contributed by atoms with Crippen LogP contribution in [0.15, 0.2) is 12.4 Å². The highest BCUT2D eigenvalue weighted by Gasteiger charge is 2.26. The van der Waals surface area contributed by atoms with Gasteiger partial charge in [-0.05, 0) is 61.8 Å². The molecule has 194 valence electrons. The van der Waals surface area contributed by atoms with Gasteiger partial charge < -0.3 is 0 Å². The third kappa shape index (κ3) is 10.4. The van der Waals surface area contributed by atoms with Crippen molar-refractivity contribution >= 4 is 0 Å². The fraction of sp³-hybridized carbons (Fsp3) is 0.875. The normalized spacial score (nSPS) is 25.5. The molecule has 0 atom stereocenters. The molecule has 1 heterocycles. The van der Waals surface area contributed by atoms with Crippen molar-refractivity contribution in [3.8, 4) is 0 Å². The van der Waals surface area contributed by atoms with Crippen LogP contribution in [0.5, 0.6) is 0 Å². The summed E-state index contributed by atoms with van der Waals surface area (Å²) in [5.74, 6) is 4.80. The number of rotatable bonds is 16. The van der Waals surface area contributed by atoms with Crippen LogP contribution in [0.3, 0.4) is 0 Å². The molecule has 3 rings (SSSR count). The number of unbranched alkanes of at least 4 members (excludes halogenated alkanes) is 8. The van der Waals surface area contributed by atoms with Gasteiger partial charge >= 0.3 is 0 Å². The number of aryl methyl sites for hydroxylation is 1. The van der Waals surface area contributed by atoms with Crippen LogP contribution in [0, 0.1) is 17.8 Å². The average molecular weight is 469 g/mol. The van der Waals surface area contributed by atoms with Crippen LogP contribution in [-0.4, -0.2) is 9.97 Å². The second-order valence-corrected chi connectivity index (χ2v) is 12.0. The van der Waals surface area contributed by atoms with Gasteiger partial charge in [-0.1, -0.05) is 117 Å². The summed E-state index contributed by atoms with van der Waals surface area (Å²) in [6.07, 6.45) is 35.4. The summed E-state index contributed by atoms with van der Waals surface area (Å²) in [4.78, 5) is 9.59. The van der Waals surface area contributed by atoms with Crippen LogP contribution in [0.1, 0.15) is 166 Å². The topological polar surface area (TPSA) is 25.8 Å². The van der Waals surface area contributed by atoms with Gasteiger partial charge in [0, 0.05) is 18.3 Å². The maximum Gasteiger partial charge on any atom is 0.131 e. The molecule has 2 aliphatic carbocycles. The molecule has 34 heavy (non-hydrogen) atoms. The van der Waals surface area contributed by atoms with Gasteiger partial charge in [-0.15, -0.1) is 0 Å². The Bertz CT molecular complexity index is 608. The summed E-state index contributed by atoms with van der Waals surface area (Å²) < 4.78 is 0. The van der Waals surface area contributed by atoms with E-state index in [0.717, 1.165) is 30.0 Å². The maximum absolute atomic E-state index is 4.79. The van der Waals surface area contributed by atoms with Gasteiger partial charge in [0.2, 0.25) is 0 Å². The Morgan fingerprint density at radius 3 is 1.59 bits per heavy atom. The summed E-state index contributed by atoms with van der Waals surface area (Å²) >= 11 is 0. The first-order valence-electron chi connectivity index (χ1n) is 15.6. The highest BCUT2D eigenvalue weighted by molar-refractivity contribution is 5.08. The lowest BCUT2D eigenvalue weighted by atomic mass is 9.74. The van der Waals surface area contributed by atoms with E-state index in [0.29, 0.717) is 5.92 Å². The van der Waals surface area contributed by atoms with Gasteiger partial charge in [0.1, 0.15) is 5.82 Å². The molecule has 2 fully saturated rings. The monoisotopic (exact) mass is 468 g/mol. The zero-order chi connectivity index (χ0) is 23.8. The predicted octanol–water partition coefficient (Wildman–Crippen LogP) is 10.2. The van der Waals surface area contributed by atoms with Crippen LogP contribution in [0.4, 0.5) is 0 Å². The predicted molar refractivity (Wildman–Crippen MR) is 147 cm³/mol. The highest BCUT2D eigenvalue weighted by Crippen LogP contribution is 2.39. The fourth-order valence-corrected chi connectivity index (χ4v) is 6.66. The van der Waals surface area contributed by atoms with Crippen LogP contribution < -0.4 is 0 Å². The van der Waals surface area contributed by atoms with Crippen LogP contribution in [-0.2, 0) is 6.42 Å². The minimum atomic E-state index is 0.614. The van der Waals surface area contributed by atoms with Crippen LogP contribution in [0.2, 0.25) is 0 Å². The molecule has 0 saturated heterocycles. The van der Waals surface area contributed by atoms with Crippen molar-refractivity contribution in [2.24, 2.45) is 17.8 Å². The van der Waals surface area contributed by atoms with Crippen molar-refractivity contribution in [2.75, 3.05) is 0 Å². The van der Waals surface area contributed by atoms with E-state index in [1.807, 2.05) is 0 Å². The first-order valence-corrected chi connectivity index (χ1v) is 15.6. The molecular formula is C32H56N2. The fourth-order valence-electron chi connectivity index (χ4n) is 6.66. The quantitative estimate of drug-likeness (QED) is 0.225. The largest absolute Gasteiger partial charge is 0.241 e. The molecule has 0 aromatic carbocycles. The Hall–Kier alpha value is -0.920. The van der Waals surface area contributed by atoms with Crippen molar-refractivity contribution in [3.05, 3.63) is 23.8 Å². The zero-order valence-electron chi connectivity index (χ0n) is 22.9. The Morgan fingerprint density at radius 1 is 0.559 bits per heavy atom. The minimum Gasteiger partial charge on any atom is -0.241 e. The van der Waals surface area contributed by atoms with Crippen molar-refractivity contribution < 1.29 is 0 Å². The Morgan fingerprint density at radius 2 is 1.03 bits per heavy atom. The summed E-state index contributed by atoms with van der Waals surface area (Å²) in [6, 6.07) is 0. The SMILES string of the molecule is CCCCCCCc1cnc(C2CCC(CC[C@H]3CC[C@H](CCCCCCC)CC3)CC2)nc1. The lowest BCUT2D eigenvalue weighted by Crippen LogP contribution is -2.18. The van der Waals surface area contributed by atoms with E-state index in [-0.39, 0.29) is 0 Å². The van der Waals surface area contributed by atoms with E-state index in [9.17, 15) is 0 Å². The molecule has 0 aliphatic heterocycles. The van der Waals surface area contributed by atoms with Gasteiger partial charge in [0.05, 0.1) is 0 Å². The zero-order valence-corrected chi connectivity index (χ0v) is 22.9. The van der Waals surface area contributed by atoms with E-state index in [1.165, 1.54) is 140 Å². The lowest BCUT2D eigenvalue weighted by molar-refractivity contribution is 0.221. The van der Waals surface area contributed by atoms with Crippen LogP contribution in [0.25, 0.3) is 0 Å². The molecule has 1 aromatic heterocycles.